The van der Waals surface area contributed by atoms with Crippen molar-refractivity contribution in [3.63, 3.8) is 0 Å². The minimum Gasteiger partial charge on any atom is -0.378 e. The van der Waals surface area contributed by atoms with E-state index in [0.29, 0.717) is 25.1 Å². The average Bonchev–Trinajstić information content (AvgIpc) is 3.07. The molecule has 0 radical (unpaired) electrons. The molecule has 0 heterocycles. The Morgan fingerprint density at radius 3 is 2.44 bits per heavy atom. The quantitative estimate of drug-likeness (QED) is 0.295. The molecule has 0 amide bonds. The number of nitrogens with zero attached hydrogens (tertiary/aromatic N) is 1. The summed E-state index contributed by atoms with van der Waals surface area (Å²) in [4.78, 5) is 4.38. The zero-order valence-electron chi connectivity index (χ0n) is 17.5. The van der Waals surface area contributed by atoms with Crippen LogP contribution in [-0.2, 0) is 14.6 Å². The molecule has 2 unspecified atom stereocenters. The number of halogens is 1. The molecule has 6 nitrogen and oxygen atoms in total. The van der Waals surface area contributed by atoms with Gasteiger partial charge >= 0.3 is 0 Å². The Morgan fingerprint density at radius 2 is 1.93 bits per heavy atom. The van der Waals surface area contributed by atoms with Crippen LogP contribution >= 0.6 is 24.0 Å². The molecule has 2 aliphatic carbocycles. The summed E-state index contributed by atoms with van der Waals surface area (Å²) in [6, 6.07) is 0.409. The fourth-order valence-electron chi connectivity index (χ4n) is 4.32. The average molecular weight is 516 g/mol. The van der Waals surface area contributed by atoms with Crippen molar-refractivity contribution in [2.45, 2.75) is 71.4 Å². The number of hydrogen-bond acceptors (Lipinski definition) is 4. The maximum Gasteiger partial charge on any atom is 0.191 e. The monoisotopic (exact) mass is 515 g/mol. The fraction of sp³-hybridized carbons (Fsp3) is 0.947. The normalized spacial score (nSPS) is 25.0. The van der Waals surface area contributed by atoms with Crippen LogP contribution < -0.4 is 10.6 Å². The molecule has 2 aliphatic rings. The van der Waals surface area contributed by atoms with Gasteiger partial charge in [0.1, 0.15) is 9.84 Å². The Hall–Kier alpha value is -0.0900. The minimum atomic E-state index is -2.93. The highest BCUT2D eigenvalue weighted by atomic mass is 127. The highest BCUT2D eigenvalue weighted by molar-refractivity contribution is 14.0. The number of sulfone groups is 1. The van der Waals surface area contributed by atoms with E-state index in [4.69, 9.17) is 4.74 Å². The standard InChI is InChI=1S/C19H37N3O3S.HI/c1-6-25-16-13-15(19(16)9-7-8-10-19)22-17(20-4)21-14-18(2,3)11-12-26(5,23)24;/h15-16H,6-14H2,1-5H3,(H2,20,21,22);1H. The first-order chi connectivity index (χ1) is 12.1. The van der Waals surface area contributed by atoms with Crippen LogP contribution in [0.3, 0.4) is 0 Å². The van der Waals surface area contributed by atoms with E-state index in [2.05, 4.69) is 36.4 Å². The van der Waals surface area contributed by atoms with Crippen LogP contribution in [-0.4, -0.2) is 58.7 Å². The molecular formula is C19H38IN3O3S. The zero-order valence-corrected chi connectivity index (χ0v) is 20.7. The number of rotatable bonds is 8. The van der Waals surface area contributed by atoms with Gasteiger partial charge in [0.05, 0.1) is 11.9 Å². The summed E-state index contributed by atoms with van der Waals surface area (Å²) in [7, 11) is -1.14. The number of guanidine groups is 1. The van der Waals surface area contributed by atoms with Crippen LogP contribution in [0.5, 0.6) is 0 Å². The second kappa shape index (κ2) is 10.1. The van der Waals surface area contributed by atoms with Crippen molar-refractivity contribution >= 4 is 39.8 Å². The second-order valence-corrected chi connectivity index (χ2v) is 11.0. The number of aliphatic imine (C=N–C) groups is 1. The summed E-state index contributed by atoms with van der Waals surface area (Å²) in [6.45, 7) is 7.72. The summed E-state index contributed by atoms with van der Waals surface area (Å²) in [6.07, 6.45) is 8.36. The maximum atomic E-state index is 11.4. The van der Waals surface area contributed by atoms with Crippen LogP contribution in [0.4, 0.5) is 0 Å². The van der Waals surface area contributed by atoms with Gasteiger partial charge in [-0.15, -0.1) is 24.0 Å². The molecule has 0 bridgehead atoms. The zero-order chi connectivity index (χ0) is 19.4. The van der Waals surface area contributed by atoms with Crippen LogP contribution in [0.2, 0.25) is 0 Å². The Morgan fingerprint density at radius 1 is 1.30 bits per heavy atom. The topological polar surface area (TPSA) is 79.8 Å². The SMILES string of the molecule is CCOC1CC(NC(=NC)NCC(C)(C)CCS(C)(=O)=O)C12CCCC2.I. The van der Waals surface area contributed by atoms with E-state index in [9.17, 15) is 8.42 Å². The van der Waals surface area contributed by atoms with E-state index in [1.54, 1.807) is 7.05 Å². The summed E-state index contributed by atoms with van der Waals surface area (Å²) in [5.74, 6) is 1.03. The van der Waals surface area contributed by atoms with Crippen LogP contribution in [0.25, 0.3) is 0 Å². The van der Waals surface area contributed by atoms with Gasteiger partial charge in [0, 0.05) is 37.9 Å². The summed E-state index contributed by atoms with van der Waals surface area (Å²) in [5, 5.41) is 7.01. The van der Waals surface area contributed by atoms with Crippen molar-refractivity contribution in [3.05, 3.63) is 0 Å². The van der Waals surface area contributed by atoms with Gasteiger partial charge < -0.3 is 15.4 Å². The summed E-state index contributed by atoms with van der Waals surface area (Å²) in [5.41, 5.74) is 0.151. The van der Waals surface area contributed by atoms with Crippen molar-refractivity contribution in [3.8, 4) is 0 Å². The van der Waals surface area contributed by atoms with Crippen molar-refractivity contribution in [1.29, 1.82) is 0 Å². The van der Waals surface area contributed by atoms with E-state index >= 15 is 0 Å². The molecule has 1 spiro atoms. The lowest BCUT2D eigenvalue weighted by atomic mass is 9.60. The van der Waals surface area contributed by atoms with E-state index < -0.39 is 9.84 Å². The number of nitrogens with one attached hydrogen (secondary N) is 2. The minimum absolute atomic E-state index is 0. The van der Waals surface area contributed by atoms with Gasteiger partial charge in [-0.1, -0.05) is 26.7 Å². The summed E-state index contributed by atoms with van der Waals surface area (Å²) < 4.78 is 28.8. The lowest BCUT2D eigenvalue weighted by molar-refractivity contribution is -0.125. The van der Waals surface area contributed by atoms with Gasteiger partial charge in [0.15, 0.2) is 5.96 Å². The molecule has 0 saturated heterocycles. The molecule has 2 atom stereocenters. The second-order valence-electron chi connectivity index (χ2n) is 8.79. The van der Waals surface area contributed by atoms with E-state index in [1.165, 1.54) is 31.9 Å². The van der Waals surface area contributed by atoms with Crippen LogP contribution in [0.15, 0.2) is 4.99 Å². The van der Waals surface area contributed by atoms with Crippen molar-refractivity contribution in [1.82, 2.24) is 10.6 Å². The molecule has 27 heavy (non-hydrogen) atoms. The fourth-order valence-corrected chi connectivity index (χ4v) is 5.25. The molecule has 0 aromatic carbocycles. The molecule has 8 heteroatoms. The molecule has 2 rings (SSSR count). The third-order valence-electron chi connectivity index (χ3n) is 6.11. The predicted octanol–water partition coefficient (Wildman–Crippen LogP) is 2.97. The van der Waals surface area contributed by atoms with E-state index in [-0.39, 0.29) is 40.6 Å². The van der Waals surface area contributed by atoms with Gasteiger partial charge in [-0.05, 0) is 38.0 Å². The molecule has 0 aromatic rings. The highest BCUT2D eigenvalue weighted by Gasteiger charge is 2.56. The van der Waals surface area contributed by atoms with Crippen molar-refractivity contribution in [2.24, 2.45) is 15.8 Å². The first-order valence-electron chi connectivity index (χ1n) is 9.88. The Labute approximate surface area is 182 Å². The van der Waals surface area contributed by atoms with Crippen molar-refractivity contribution < 1.29 is 13.2 Å². The third-order valence-corrected chi connectivity index (χ3v) is 7.05. The lowest BCUT2D eigenvalue weighted by Crippen LogP contribution is -2.65. The lowest BCUT2D eigenvalue weighted by Gasteiger charge is -2.54. The molecule has 0 aliphatic heterocycles. The van der Waals surface area contributed by atoms with E-state index in [0.717, 1.165) is 19.0 Å². The van der Waals surface area contributed by atoms with Gasteiger partial charge in [0.2, 0.25) is 0 Å². The Bertz CT molecular complexity index is 601. The van der Waals surface area contributed by atoms with Crippen LogP contribution in [0, 0.1) is 10.8 Å². The van der Waals surface area contributed by atoms with E-state index in [1.807, 2.05) is 0 Å². The molecule has 2 N–H and O–H groups in total. The van der Waals surface area contributed by atoms with Crippen LogP contribution in [0.1, 0.15) is 59.3 Å². The highest BCUT2D eigenvalue weighted by Crippen LogP contribution is 2.54. The van der Waals surface area contributed by atoms with Gasteiger partial charge in [-0.3, -0.25) is 4.99 Å². The van der Waals surface area contributed by atoms with Gasteiger partial charge in [0.25, 0.3) is 0 Å². The Kier molecular flexibility index (Phi) is 9.33. The Balaban J connectivity index is 0.00000364. The maximum absolute atomic E-state index is 11.4. The number of ether oxygens (including phenoxy) is 1. The molecule has 0 aromatic heterocycles. The molecule has 2 saturated carbocycles. The van der Waals surface area contributed by atoms with Gasteiger partial charge in [-0.25, -0.2) is 8.42 Å². The smallest absolute Gasteiger partial charge is 0.191 e. The largest absolute Gasteiger partial charge is 0.378 e. The molecular weight excluding hydrogens is 477 g/mol. The summed E-state index contributed by atoms with van der Waals surface area (Å²) >= 11 is 0. The van der Waals surface area contributed by atoms with Gasteiger partial charge in [-0.2, -0.15) is 0 Å². The number of hydrogen-bond donors (Lipinski definition) is 2. The first-order valence-corrected chi connectivity index (χ1v) is 11.9. The third kappa shape index (κ3) is 6.73. The molecule has 160 valence electrons. The van der Waals surface area contributed by atoms with Crippen molar-refractivity contribution in [2.75, 3.05) is 32.2 Å². The first kappa shape index (κ1) is 24.9. The predicted molar refractivity (Wildman–Crippen MR) is 123 cm³/mol. The molecule has 2 fully saturated rings.